The highest BCUT2D eigenvalue weighted by molar-refractivity contribution is 5.64. The van der Waals surface area contributed by atoms with E-state index in [1.165, 1.54) is 6.07 Å². The summed E-state index contributed by atoms with van der Waals surface area (Å²) in [5, 5.41) is 0. The zero-order chi connectivity index (χ0) is 11.4. The predicted molar refractivity (Wildman–Crippen MR) is 64.3 cm³/mol. The second-order valence-corrected chi connectivity index (χ2v) is 3.69. The Morgan fingerprint density at radius 2 is 2.19 bits per heavy atom. The van der Waals surface area contributed by atoms with Gasteiger partial charge in [0.15, 0.2) is 0 Å². The summed E-state index contributed by atoms with van der Waals surface area (Å²) in [4.78, 5) is 18.1. The van der Waals surface area contributed by atoms with Crippen LogP contribution in [0.25, 0.3) is 11.1 Å². The highest BCUT2D eigenvalue weighted by Gasteiger charge is 2.04. The summed E-state index contributed by atoms with van der Waals surface area (Å²) in [5.74, 6) is 0. The second-order valence-electron chi connectivity index (χ2n) is 3.69. The molecule has 3 heteroatoms. The lowest BCUT2D eigenvalue weighted by Gasteiger charge is -2.06. The molecule has 2 heterocycles. The van der Waals surface area contributed by atoms with Crippen LogP contribution in [0.5, 0.6) is 0 Å². The smallest absolute Gasteiger partial charge is 0.247 e. The summed E-state index contributed by atoms with van der Waals surface area (Å²) < 4.78 is 0. The van der Waals surface area contributed by atoms with Gasteiger partial charge >= 0.3 is 0 Å². The van der Waals surface area contributed by atoms with Gasteiger partial charge in [-0.3, -0.25) is 9.78 Å². The number of H-pyrrole nitrogens is 1. The molecule has 0 aliphatic carbocycles. The van der Waals surface area contributed by atoms with E-state index in [1.807, 2.05) is 18.2 Å². The fourth-order valence-electron chi connectivity index (χ4n) is 1.71. The number of rotatable bonds is 3. The van der Waals surface area contributed by atoms with Crippen molar-refractivity contribution in [1.29, 1.82) is 0 Å². The maximum absolute atomic E-state index is 11.0. The molecule has 16 heavy (non-hydrogen) atoms. The molecule has 0 bridgehead atoms. The molecule has 0 aliphatic heterocycles. The summed E-state index contributed by atoms with van der Waals surface area (Å²) in [5.41, 5.74) is 3.11. The number of nitrogens with one attached hydrogen (secondary N) is 1. The maximum atomic E-state index is 11.0. The molecule has 0 saturated heterocycles. The topological polar surface area (TPSA) is 45.8 Å². The summed E-state index contributed by atoms with van der Waals surface area (Å²) in [6.07, 6.45) is 5.56. The maximum Gasteiger partial charge on any atom is 0.247 e. The van der Waals surface area contributed by atoms with Gasteiger partial charge in [0.05, 0.1) is 0 Å². The third-order valence-electron chi connectivity index (χ3n) is 2.47. The molecule has 3 nitrogen and oxygen atoms in total. The number of aromatic nitrogens is 2. The highest BCUT2D eigenvalue weighted by Crippen LogP contribution is 2.21. The Balaban J connectivity index is 2.46. The highest BCUT2D eigenvalue weighted by atomic mass is 16.1. The lowest BCUT2D eigenvalue weighted by atomic mass is 10.0. The molecule has 2 rings (SSSR count). The number of nitrogens with zero attached hydrogens (tertiary/aromatic N) is 1. The molecule has 0 unspecified atom stereocenters. The van der Waals surface area contributed by atoms with Crippen LogP contribution < -0.4 is 5.56 Å². The molecule has 0 amide bonds. The van der Waals surface area contributed by atoms with Crippen LogP contribution in [0.3, 0.4) is 0 Å². The number of aromatic amines is 1. The average molecular weight is 214 g/mol. The standard InChI is InChI=1S/C13H14N2O/c1-2-4-12-11(5-3-8-14-12)10-6-7-13(16)15-9-10/h3,5-9H,2,4H2,1H3,(H,15,16). The van der Waals surface area contributed by atoms with E-state index in [9.17, 15) is 4.79 Å². The second kappa shape index (κ2) is 4.75. The van der Waals surface area contributed by atoms with Crippen molar-refractivity contribution in [3.05, 3.63) is 52.7 Å². The van der Waals surface area contributed by atoms with Crippen molar-refractivity contribution >= 4 is 0 Å². The molecule has 2 aromatic rings. The van der Waals surface area contributed by atoms with Crippen LogP contribution in [0.4, 0.5) is 0 Å². The van der Waals surface area contributed by atoms with E-state index >= 15 is 0 Å². The largest absolute Gasteiger partial charge is 0.328 e. The lowest BCUT2D eigenvalue weighted by Crippen LogP contribution is -2.02. The molecule has 1 N–H and O–H groups in total. The summed E-state index contributed by atoms with van der Waals surface area (Å²) in [6, 6.07) is 7.32. The van der Waals surface area contributed by atoms with Crippen LogP contribution in [0.15, 0.2) is 41.5 Å². The molecule has 0 saturated carbocycles. The molecule has 0 radical (unpaired) electrons. The minimum Gasteiger partial charge on any atom is -0.328 e. The quantitative estimate of drug-likeness (QED) is 0.852. The van der Waals surface area contributed by atoms with Gasteiger partial charge in [-0.15, -0.1) is 0 Å². The summed E-state index contributed by atoms with van der Waals surface area (Å²) in [7, 11) is 0. The van der Waals surface area contributed by atoms with E-state index in [2.05, 4.69) is 16.9 Å². The number of aryl methyl sites for hydroxylation is 1. The Bertz CT molecular complexity index is 511. The monoisotopic (exact) mass is 214 g/mol. The third-order valence-corrected chi connectivity index (χ3v) is 2.47. The van der Waals surface area contributed by atoms with Crippen LogP contribution >= 0.6 is 0 Å². The minimum atomic E-state index is -0.0790. The number of pyridine rings is 2. The van der Waals surface area contributed by atoms with Crippen LogP contribution in [-0.4, -0.2) is 9.97 Å². The van der Waals surface area contributed by atoms with Crippen LogP contribution in [-0.2, 0) is 6.42 Å². The first-order chi connectivity index (χ1) is 7.81. The van der Waals surface area contributed by atoms with Gasteiger partial charge in [-0.05, 0) is 24.1 Å². The molecule has 82 valence electrons. The zero-order valence-corrected chi connectivity index (χ0v) is 9.23. The van der Waals surface area contributed by atoms with Crippen LogP contribution in [0.1, 0.15) is 19.0 Å². The zero-order valence-electron chi connectivity index (χ0n) is 9.23. The number of hydrogen-bond donors (Lipinski definition) is 1. The van der Waals surface area contributed by atoms with Gasteiger partial charge in [-0.1, -0.05) is 19.4 Å². The normalized spacial score (nSPS) is 10.3. The molecule has 0 atom stereocenters. The van der Waals surface area contributed by atoms with E-state index < -0.39 is 0 Å². The van der Waals surface area contributed by atoms with Gasteiger partial charge in [0.1, 0.15) is 0 Å². The van der Waals surface area contributed by atoms with Gasteiger partial charge in [0, 0.05) is 29.7 Å². The van der Waals surface area contributed by atoms with E-state index in [1.54, 1.807) is 12.4 Å². The molecule has 0 aliphatic rings. The summed E-state index contributed by atoms with van der Waals surface area (Å²) >= 11 is 0. The van der Waals surface area contributed by atoms with Crippen LogP contribution in [0, 0.1) is 0 Å². The first kappa shape index (κ1) is 10.6. The Morgan fingerprint density at radius 3 is 2.88 bits per heavy atom. The van der Waals surface area contributed by atoms with E-state index in [-0.39, 0.29) is 5.56 Å². The Kier molecular flexibility index (Phi) is 3.15. The lowest BCUT2D eigenvalue weighted by molar-refractivity contribution is 0.885. The molecule has 2 aromatic heterocycles. The third kappa shape index (κ3) is 2.19. The van der Waals surface area contributed by atoms with E-state index in [4.69, 9.17) is 0 Å². The van der Waals surface area contributed by atoms with E-state index in [0.717, 1.165) is 29.7 Å². The van der Waals surface area contributed by atoms with Gasteiger partial charge in [0.25, 0.3) is 0 Å². The molecule has 0 spiro atoms. The first-order valence-electron chi connectivity index (χ1n) is 5.44. The average Bonchev–Trinajstić information content (AvgIpc) is 2.32. The van der Waals surface area contributed by atoms with Crippen molar-refractivity contribution in [3.8, 4) is 11.1 Å². The summed E-state index contributed by atoms with van der Waals surface area (Å²) in [6.45, 7) is 2.13. The SMILES string of the molecule is CCCc1ncccc1-c1ccc(=O)[nH]c1. The first-order valence-corrected chi connectivity index (χ1v) is 5.44. The minimum absolute atomic E-state index is 0.0790. The van der Waals surface area contributed by atoms with Crippen molar-refractivity contribution in [1.82, 2.24) is 9.97 Å². The molecule has 0 fully saturated rings. The van der Waals surface area contributed by atoms with Crippen molar-refractivity contribution in [2.24, 2.45) is 0 Å². The predicted octanol–water partition coefficient (Wildman–Crippen LogP) is 2.39. The van der Waals surface area contributed by atoms with Crippen molar-refractivity contribution in [2.45, 2.75) is 19.8 Å². The Hall–Kier alpha value is -1.90. The van der Waals surface area contributed by atoms with Gasteiger partial charge in [-0.2, -0.15) is 0 Å². The molecular formula is C13H14N2O. The van der Waals surface area contributed by atoms with Crippen molar-refractivity contribution < 1.29 is 0 Å². The number of hydrogen-bond acceptors (Lipinski definition) is 2. The fraction of sp³-hybridized carbons (Fsp3) is 0.231. The van der Waals surface area contributed by atoms with E-state index in [0.29, 0.717) is 0 Å². The molecule has 0 aromatic carbocycles. The fourth-order valence-corrected chi connectivity index (χ4v) is 1.71. The molecular weight excluding hydrogens is 200 g/mol. The van der Waals surface area contributed by atoms with Crippen LogP contribution in [0.2, 0.25) is 0 Å². The van der Waals surface area contributed by atoms with Gasteiger partial charge in [-0.25, -0.2) is 0 Å². The van der Waals surface area contributed by atoms with Crippen molar-refractivity contribution in [2.75, 3.05) is 0 Å². The Morgan fingerprint density at radius 1 is 1.31 bits per heavy atom. The van der Waals surface area contributed by atoms with Gasteiger partial charge < -0.3 is 4.98 Å². The van der Waals surface area contributed by atoms with Gasteiger partial charge in [0.2, 0.25) is 5.56 Å². The Labute approximate surface area is 94.2 Å². The van der Waals surface area contributed by atoms with Crippen molar-refractivity contribution in [3.63, 3.8) is 0 Å².